The molecule has 1 amide bonds. The highest BCUT2D eigenvalue weighted by Gasteiger charge is 2.33. The highest BCUT2D eigenvalue weighted by atomic mass is 19.4. The van der Waals surface area contributed by atoms with Gasteiger partial charge in [-0.3, -0.25) is 9.59 Å². The number of carbonyl (C=O) groups excluding carboxylic acids is 1. The number of halogens is 3. The molecular weight excluding hydrogens is 361 g/mol. The Morgan fingerprint density at radius 1 is 1.15 bits per heavy atom. The minimum atomic E-state index is -4.61. The van der Waals surface area contributed by atoms with E-state index in [4.69, 9.17) is 0 Å². The molecule has 0 atom stereocenters. The van der Waals surface area contributed by atoms with Crippen molar-refractivity contribution in [2.45, 2.75) is 31.9 Å². The molecule has 3 heterocycles. The summed E-state index contributed by atoms with van der Waals surface area (Å²) in [7, 11) is 0. The van der Waals surface area contributed by atoms with Gasteiger partial charge in [0.25, 0.3) is 5.91 Å². The molecule has 0 saturated carbocycles. The molecule has 2 N–H and O–H groups in total. The molecule has 1 saturated heterocycles. The summed E-state index contributed by atoms with van der Waals surface area (Å²) in [5.74, 6) is -0.509. The van der Waals surface area contributed by atoms with Crippen LogP contribution in [0.4, 0.5) is 24.7 Å². The van der Waals surface area contributed by atoms with E-state index >= 15 is 0 Å². The molecule has 0 spiro atoms. The van der Waals surface area contributed by atoms with E-state index in [1.54, 1.807) is 0 Å². The normalized spacial score (nSPS) is 15.3. The predicted molar refractivity (Wildman–Crippen MR) is 94.9 cm³/mol. The lowest BCUT2D eigenvalue weighted by Crippen LogP contribution is -2.29. The van der Waals surface area contributed by atoms with E-state index in [9.17, 15) is 22.8 Å². The molecule has 6 nitrogen and oxygen atoms in total. The maximum atomic E-state index is 13.1. The second-order valence-corrected chi connectivity index (χ2v) is 6.39. The van der Waals surface area contributed by atoms with Gasteiger partial charge in [-0.2, -0.15) is 13.2 Å². The van der Waals surface area contributed by atoms with E-state index in [0.717, 1.165) is 44.0 Å². The van der Waals surface area contributed by atoms with Gasteiger partial charge in [0.05, 0.1) is 11.1 Å². The minimum Gasteiger partial charge on any atom is -0.356 e. The zero-order valence-corrected chi connectivity index (χ0v) is 14.5. The fraction of sp³-hybridized carbons (Fsp3) is 0.389. The van der Waals surface area contributed by atoms with E-state index < -0.39 is 23.2 Å². The molecule has 1 aliphatic heterocycles. The molecule has 0 unspecified atom stereocenters. The van der Waals surface area contributed by atoms with Gasteiger partial charge >= 0.3 is 6.18 Å². The highest BCUT2D eigenvalue weighted by Crippen LogP contribution is 2.32. The fourth-order valence-corrected chi connectivity index (χ4v) is 3.03. The summed E-state index contributed by atoms with van der Waals surface area (Å²) >= 11 is 0. The first-order valence-corrected chi connectivity index (χ1v) is 8.67. The topological polar surface area (TPSA) is 78.1 Å². The van der Waals surface area contributed by atoms with Gasteiger partial charge < -0.3 is 15.2 Å². The van der Waals surface area contributed by atoms with E-state index in [1.807, 2.05) is 4.90 Å². The molecular formula is C18H19F3N4O2. The zero-order valence-electron chi connectivity index (χ0n) is 14.5. The van der Waals surface area contributed by atoms with Crippen molar-refractivity contribution in [2.75, 3.05) is 23.3 Å². The molecule has 3 rings (SSSR count). The molecule has 9 heteroatoms. The van der Waals surface area contributed by atoms with Crippen molar-refractivity contribution >= 4 is 17.4 Å². The number of pyridine rings is 2. The van der Waals surface area contributed by atoms with Crippen molar-refractivity contribution in [1.29, 1.82) is 0 Å². The molecule has 1 aliphatic rings. The Bertz CT molecular complexity index is 871. The SMILES string of the molecule is O=C(Nc1cc[nH]c(=O)c1)c1cc(C(F)(F)F)cnc1N1CCCCCC1. The smallest absolute Gasteiger partial charge is 0.356 e. The van der Waals surface area contributed by atoms with Crippen LogP contribution in [0.25, 0.3) is 0 Å². The summed E-state index contributed by atoms with van der Waals surface area (Å²) < 4.78 is 39.4. The number of H-pyrrole nitrogens is 1. The van der Waals surface area contributed by atoms with Crippen LogP contribution >= 0.6 is 0 Å². The van der Waals surface area contributed by atoms with Gasteiger partial charge in [0, 0.05) is 37.2 Å². The van der Waals surface area contributed by atoms with Crippen LogP contribution in [0.3, 0.4) is 0 Å². The Kier molecular flexibility index (Phi) is 5.48. The van der Waals surface area contributed by atoms with Gasteiger partial charge in [-0.05, 0) is 25.0 Å². The van der Waals surface area contributed by atoms with Crippen LogP contribution in [-0.4, -0.2) is 29.0 Å². The summed E-state index contributed by atoms with van der Waals surface area (Å²) in [6.45, 7) is 1.26. The van der Waals surface area contributed by atoms with Crippen LogP contribution in [0.1, 0.15) is 41.6 Å². The van der Waals surface area contributed by atoms with Gasteiger partial charge in [0.15, 0.2) is 0 Å². The van der Waals surface area contributed by atoms with Crippen molar-refractivity contribution in [3.63, 3.8) is 0 Å². The summed E-state index contributed by atoms with van der Waals surface area (Å²) in [5.41, 5.74) is -1.38. The molecule has 0 aliphatic carbocycles. The number of carbonyl (C=O) groups is 1. The van der Waals surface area contributed by atoms with Gasteiger partial charge in [-0.15, -0.1) is 0 Å². The standard InChI is InChI=1S/C18H19F3N4O2/c19-18(20,21)12-9-14(17(27)24-13-5-6-22-15(26)10-13)16(23-11-12)25-7-3-1-2-4-8-25/h5-6,9-11H,1-4,7-8H2,(H2,22,24,26,27). The van der Waals surface area contributed by atoms with Crippen LogP contribution in [0.2, 0.25) is 0 Å². The van der Waals surface area contributed by atoms with Crippen LogP contribution in [0.15, 0.2) is 35.4 Å². The number of nitrogens with zero attached hydrogens (tertiary/aromatic N) is 2. The van der Waals surface area contributed by atoms with Crippen molar-refractivity contribution in [1.82, 2.24) is 9.97 Å². The minimum absolute atomic E-state index is 0.160. The van der Waals surface area contributed by atoms with Crippen molar-refractivity contribution in [3.05, 3.63) is 52.1 Å². The number of nitrogens with one attached hydrogen (secondary N) is 2. The van der Waals surface area contributed by atoms with Crippen molar-refractivity contribution in [3.8, 4) is 0 Å². The van der Waals surface area contributed by atoms with Crippen LogP contribution in [0, 0.1) is 0 Å². The lowest BCUT2D eigenvalue weighted by molar-refractivity contribution is -0.137. The summed E-state index contributed by atoms with van der Waals surface area (Å²) in [6.07, 6.45) is 1.33. The van der Waals surface area contributed by atoms with Crippen LogP contribution in [0.5, 0.6) is 0 Å². The monoisotopic (exact) mass is 380 g/mol. The Morgan fingerprint density at radius 2 is 1.85 bits per heavy atom. The number of hydrogen-bond acceptors (Lipinski definition) is 4. The lowest BCUT2D eigenvalue weighted by atomic mass is 10.1. The molecule has 1 fully saturated rings. The number of aromatic amines is 1. The second-order valence-electron chi connectivity index (χ2n) is 6.39. The molecule has 27 heavy (non-hydrogen) atoms. The molecule has 2 aromatic heterocycles. The molecule has 0 bridgehead atoms. The number of alkyl halides is 3. The third kappa shape index (κ3) is 4.66. The third-order valence-corrected chi connectivity index (χ3v) is 4.38. The van der Waals surface area contributed by atoms with Gasteiger partial charge in [0.1, 0.15) is 5.82 Å². The Labute approximate surface area is 153 Å². The first-order valence-electron chi connectivity index (χ1n) is 8.67. The summed E-state index contributed by atoms with van der Waals surface area (Å²) in [4.78, 5) is 32.3. The number of rotatable bonds is 3. The average molecular weight is 380 g/mol. The van der Waals surface area contributed by atoms with Crippen molar-refractivity contribution < 1.29 is 18.0 Å². The first-order chi connectivity index (χ1) is 12.8. The largest absolute Gasteiger partial charge is 0.417 e. The number of hydrogen-bond donors (Lipinski definition) is 2. The van der Waals surface area contributed by atoms with Crippen LogP contribution < -0.4 is 15.8 Å². The maximum Gasteiger partial charge on any atom is 0.417 e. The molecule has 0 aromatic carbocycles. The quantitative estimate of drug-likeness (QED) is 0.855. The fourth-order valence-electron chi connectivity index (χ4n) is 3.03. The van der Waals surface area contributed by atoms with E-state index in [0.29, 0.717) is 13.1 Å². The summed E-state index contributed by atoms with van der Waals surface area (Å²) in [5, 5.41) is 2.48. The third-order valence-electron chi connectivity index (χ3n) is 4.38. The van der Waals surface area contributed by atoms with Crippen LogP contribution in [-0.2, 0) is 6.18 Å². The van der Waals surface area contributed by atoms with E-state index in [2.05, 4.69) is 15.3 Å². The number of amides is 1. The number of anilines is 2. The Morgan fingerprint density at radius 3 is 2.48 bits per heavy atom. The maximum absolute atomic E-state index is 13.1. The molecule has 144 valence electrons. The number of aromatic nitrogens is 2. The van der Waals surface area contributed by atoms with E-state index in [-0.39, 0.29) is 17.1 Å². The first kappa shape index (κ1) is 18.9. The average Bonchev–Trinajstić information content (AvgIpc) is 2.89. The Balaban J connectivity index is 1.98. The highest BCUT2D eigenvalue weighted by molar-refractivity contribution is 6.07. The second kappa shape index (κ2) is 7.81. The zero-order chi connectivity index (χ0) is 19.4. The van der Waals surface area contributed by atoms with Gasteiger partial charge in [-0.1, -0.05) is 12.8 Å². The van der Waals surface area contributed by atoms with Crippen molar-refractivity contribution in [2.24, 2.45) is 0 Å². The molecule has 0 radical (unpaired) electrons. The Hall–Kier alpha value is -2.84. The summed E-state index contributed by atoms with van der Waals surface area (Å²) in [6, 6.07) is 3.42. The van der Waals surface area contributed by atoms with Gasteiger partial charge in [0.2, 0.25) is 5.56 Å². The van der Waals surface area contributed by atoms with Gasteiger partial charge in [-0.25, -0.2) is 4.98 Å². The predicted octanol–water partition coefficient (Wildman–Crippen LogP) is 3.42. The molecule has 2 aromatic rings. The van der Waals surface area contributed by atoms with E-state index in [1.165, 1.54) is 12.3 Å². The lowest BCUT2D eigenvalue weighted by Gasteiger charge is -2.24.